The zero-order valence-corrected chi connectivity index (χ0v) is 6.57. The fraction of sp³-hybridized carbons (Fsp3) is 0.750. The zero-order valence-electron chi connectivity index (χ0n) is 5.75. The van der Waals surface area contributed by atoms with Crippen LogP contribution in [0.4, 0.5) is 0 Å². The average molecular weight is 146 g/mol. The van der Waals surface area contributed by atoms with E-state index in [-0.39, 0.29) is 0 Å². The third-order valence-corrected chi connectivity index (χ3v) is 2.14. The molecule has 52 valence electrons. The average Bonchev–Trinajstić information content (AvgIpc) is 2.08. The summed E-state index contributed by atoms with van der Waals surface area (Å²) in [4.78, 5) is 0. The van der Waals surface area contributed by atoms with Gasteiger partial charge < -0.3 is 0 Å². The normalized spacial score (nSPS) is 13.7. The van der Waals surface area contributed by atoms with Crippen molar-refractivity contribution in [3.63, 3.8) is 0 Å². The molecule has 0 atom stereocenters. The third-order valence-electron chi connectivity index (χ3n) is 0.874. The molecule has 0 saturated carbocycles. The summed E-state index contributed by atoms with van der Waals surface area (Å²) in [5.74, 6) is 0. The lowest BCUT2D eigenvalue weighted by molar-refractivity contribution is 0.881. The second-order valence-electron chi connectivity index (χ2n) is 2.53. The summed E-state index contributed by atoms with van der Waals surface area (Å²) in [6.07, 6.45) is 6.37. The summed E-state index contributed by atoms with van der Waals surface area (Å²) in [5, 5.41) is 14.5. The van der Waals surface area contributed by atoms with Crippen molar-refractivity contribution in [3.05, 3.63) is 0 Å². The lowest BCUT2D eigenvalue weighted by Crippen LogP contribution is -1.94. The van der Waals surface area contributed by atoms with Crippen molar-refractivity contribution < 1.29 is 0 Å². The molecular formula is C4H10N4S. The van der Waals surface area contributed by atoms with Crippen LogP contribution in [0.2, 0.25) is 0 Å². The van der Waals surface area contributed by atoms with Gasteiger partial charge in [0.15, 0.2) is 0 Å². The van der Waals surface area contributed by atoms with Crippen LogP contribution in [0.1, 0.15) is 0 Å². The highest BCUT2D eigenvalue weighted by atomic mass is 32.3. The predicted molar refractivity (Wildman–Crippen MR) is 37.8 cm³/mol. The van der Waals surface area contributed by atoms with E-state index in [0.717, 1.165) is 5.16 Å². The standard InChI is InChI=1S/C4H10N4S/c1-9(2,3)4-5-7-8-6-4/h1-3H3,(H,5,6,7,8). The Hall–Kier alpha value is -0.580. The highest BCUT2D eigenvalue weighted by Gasteiger charge is 2.11. The molecule has 0 unspecified atom stereocenters. The maximum atomic E-state index is 3.88. The Labute approximate surface area is 55.4 Å². The summed E-state index contributed by atoms with van der Waals surface area (Å²) in [6, 6.07) is 0. The van der Waals surface area contributed by atoms with Gasteiger partial charge in [0.05, 0.1) is 0 Å². The molecule has 1 rings (SSSR count). The van der Waals surface area contributed by atoms with Gasteiger partial charge in [0, 0.05) is 0 Å². The zero-order chi connectivity index (χ0) is 6.91. The molecule has 5 heteroatoms. The Balaban J connectivity index is 2.90. The molecule has 0 aromatic carbocycles. The van der Waals surface area contributed by atoms with Crippen molar-refractivity contribution in [1.82, 2.24) is 20.6 Å². The number of aromatic amines is 1. The van der Waals surface area contributed by atoms with Gasteiger partial charge >= 0.3 is 0 Å². The van der Waals surface area contributed by atoms with Crippen molar-refractivity contribution in [2.75, 3.05) is 18.8 Å². The summed E-state index contributed by atoms with van der Waals surface area (Å²) >= 11 is 0. The molecule has 1 heterocycles. The maximum absolute atomic E-state index is 3.88. The van der Waals surface area contributed by atoms with E-state index in [9.17, 15) is 0 Å². The second-order valence-corrected chi connectivity index (χ2v) is 6.57. The summed E-state index contributed by atoms with van der Waals surface area (Å²) in [5.41, 5.74) is 0. The molecule has 0 saturated heterocycles. The van der Waals surface area contributed by atoms with Gasteiger partial charge in [-0.3, -0.25) is 0 Å². The Morgan fingerprint density at radius 3 is 2.22 bits per heavy atom. The molecule has 9 heavy (non-hydrogen) atoms. The summed E-state index contributed by atoms with van der Waals surface area (Å²) in [7, 11) is -0.775. The van der Waals surface area contributed by atoms with Gasteiger partial charge in [0.1, 0.15) is 0 Å². The number of nitrogens with zero attached hydrogens (tertiary/aromatic N) is 3. The lowest BCUT2D eigenvalue weighted by atomic mass is 11.4. The minimum atomic E-state index is -0.775. The third kappa shape index (κ3) is 1.41. The molecule has 0 fully saturated rings. The van der Waals surface area contributed by atoms with Crippen molar-refractivity contribution in [3.8, 4) is 0 Å². The first-order valence-electron chi connectivity index (χ1n) is 2.52. The van der Waals surface area contributed by atoms with Gasteiger partial charge in [-0.2, -0.15) is 15.2 Å². The van der Waals surface area contributed by atoms with Crippen LogP contribution in [-0.4, -0.2) is 39.4 Å². The van der Waals surface area contributed by atoms with Crippen molar-refractivity contribution in [1.29, 1.82) is 0 Å². The fourth-order valence-electron chi connectivity index (χ4n) is 0.412. The van der Waals surface area contributed by atoms with E-state index in [4.69, 9.17) is 0 Å². The van der Waals surface area contributed by atoms with E-state index in [2.05, 4.69) is 39.4 Å². The van der Waals surface area contributed by atoms with Crippen LogP contribution in [0.25, 0.3) is 0 Å². The van der Waals surface area contributed by atoms with Crippen LogP contribution in [0, 0.1) is 0 Å². The first-order valence-corrected chi connectivity index (χ1v) is 5.38. The molecule has 0 aliphatic heterocycles. The Morgan fingerprint density at radius 1 is 1.33 bits per heavy atom. The molecule has 0 amide bonds. The monoisotopic (exact) mass is 146 g/mol. The number of aromatic nitrogens is 4. The van der Waals surface area contributed by atoms with E-state index in [1.165, 1.54) is 0 Å². The minimum absolute atomic E-state index is 0.775. The molecular weight excluding hydrogens is 136 g/mol. The molecule has 4 nitrogen and oxygen atoms in total. The molecule has 0 aliphatic carbocycles. The van der Waals surface area contributed by atoms with Gasteiger partial charge in [-0.25, -0.2) is 0 Å². The van der Waals surface area contributed by atoms with E-state index in [1.807, 2.05) is 0 Å². The van der Waals surface area contributed by atoms with Gasteiger partial charge in [0.25, 0.3) is 0 Å². The van der Waals surface area contributed by atoms with E-state index in [1.54, 1.807) is 0 Å². The number of tetrazole rings is 1. The first kappa shape index (κ1) is 6.54. The van der Waals surface area contributed by atoms with Gasteiger partial charge in [-0.1, -0.05) is 0 Å². The highest BCUT2D eigenvalue weighted by Crippen LogP contribution is 2.41. The Morgan fingerprint density at radius 2 is 2.00 bits per heavy atom. The number of nitrogens with one attached hydrogen (secondary N) is 1. The topological polar surface area (TPSA) is 54.5 Å². The number of hydrogen-bond donors (Lipinski definition) is 1. The SMILES string of the molecule is CS(C)(C)c1nn[nH]n1. The van der Waals surface area contributed by atoms with Gasteiger partial charge in [-0.15, -0.1) is 10.2 Å². The summed E-state index contributed by atoms with van der Waals surface area (Å²) in [6.45, 7) is 0. The molecule has 1 aromatic heterocycles. The molecule has 1 aromatic rings. The van der Waals surface area contributed by atoms with Crippen molar-refractivity contribution in [2.45, 2.75) is 5.16 Å². The quantitative estimate of drug-likeness (QED) is 0.618. The molecule has 0 radical (unpaired) electrons. The molecule has 0 aliphatic rings. The predicted octanol–water partition coefficient (Wildman–Crippen LogP) is 0.253. The van der Waals surface area contributed by atoms with Gasteiger partial charge in [0.2, 0.25) is 5.16 Å². The number of hydrogen-bond acceptors (Lipinski definition) is 3. The summed E-state index contributed by atoms with van der Waals surface area (Å²) < 4.78 is 0. The molecule has 0 bridgehead atoms. The van der Waals surface area contributed by atoms with Crippen LogP contribution in [0.5, 0.6) is 0 Å². The number of H-pyrrole nitrogens is 1. The minimum Gasteiger partial charge on any atom is -0.186 e. The van der Waals surface area contributed by atoms with Crippen LogP contribution < -0.4 is 0 Å². The lowest BCUT2D eigenvalue weighted by Gasteiger charge is -2.18. The highest BCUT2D eigenvalue weighted by molar-refractivity contribution is 8.32. The van der Waals surface area contributed by atoms with Crippen molar-refractivity contribution >= 4 is 10.0 Å². The Kier molecular flexibility index (Phi) is 1.44. The van der Waals surface area contributed by atoms with Crippen LogP contribution in [0.3, 0.4) is 0 Å². The first-order chi connectivity index (χ1) is 4.11. The molecule has 1 N–H and O–H groups in total. The van der Waals surface area contributed by atoms with E-state index in [0.29, 0.717) is 0 Å². The largest absolute Gasteiger partial charge is 0.213 e. The van der Waals surface area contributed by atoms with Crippen LogP contribution >= 0.6 is 10.0 Å². The van der Waals surface area contributed by atoms with Crippen LogP contribution in [0.15, 0.2) is 5.16 Å². The fourth-order valence-corrected chi connectivity index (χ4v) is 1.01. The maximum Gasteiger partial charge on any atom is 0.213 e. The second kappa shape index (κ2) is 1.98. The van der Waals surface area contributed by atoms with Crippen LogP contribution in [-0.2, 0) is 0 Å². The van der Waals surface area contributed by atoms with Gasteiger partial charge in [-0.05, 0) is 24.0 Å². The molecule has 0 spiro atoms. The number of rotatable bonds is 1. The van der Waals surface area contributed by atoms with E-state index >= 15 is 0 Å². The van der Waals surface area contributed by atoms with Crippen molar-refractivity contribution in [2.24, 2.45) is 0 Å². The Bertz CT molecular complexity index is 175. The van der Waals surface area contributed by atoms with E-state index < -0.39 is 10.0 Å². The smallest absolute Gasteiger partial charge is 0.186 e.